The number of hydrogen-bond acceptors (Lipinski definition) is 1. The highest BCUT2D eigenvalue weighted by Crippen LogP contribution is 2.20. The first-order valence-electron chi connectivity index (χ1n) is 5.86. The summed E-state index contributed by atoms with van der Waals surface area (Å²) < 4.78 is 0. The van der Waals surface area contributed by atoms with Crippen molar-refractivity contribution in [1.82, 2.24) is 4.90 Å². The molecule has 1 heterocycles. The highest BCUT2D eigenvalue weighted by Gasteiger charge is 2.11. The summed E-state index contributed by atoms with van der Waals surface area (Å²) in [6, 6.07) is 4.36. The average molecular weight is 246 g/mol. The maximum Gasteiger partial charge on any atom is 0.173 e. The molecule has 1 aliphatic rings. The Morgan fingerprint density at radius 2 is 1.65 bits per heavy atom. The number of nitrogens with one attached hydrogen (secondary N) is 1. The first-order chi connectivity index (χ1) is 8.08. The average Bonchev–Trinajstić information content (AvgIpc) is 2.79. The lowest BCUT2D eigenvalue weighted by Gasteiger charge is -2.21. The first kappa shape index (κ1) is 12.1. The molecule has 0 saturated heterocycles. The van der Waals surface area contributed by atoms with Crippen LogP contribution in [0.4, 0.5) is 5.69 Å². The molecule has 0 bridgehead atoms. The Morgan fingerprint density at radius 1 is 1.06 bits per heavy atom. The van der Waals surface area contributed by atoms with E-state index >= 15 is 0 Å². The molecule has 90 valence electrons. The van der Waals surface area contributed by atoms with E-state index in [1.54, 1.807) is 0 Å². The Balaban J connectivity index is 2.13. The van der Waals surface area contributed by atoms with Crippen LogP contribution in [0.25, 0.3) is 0 Å². The van der Waals surface area contributed by atoms with Crippen molar-refractivity contribution in [2.75, 3.05) is 18.4 Å². The number of rotatable bonds is 1. The van der Waals surface area contributed by atoms with Crippen molar-refractivity contribution in [3.8, 4) is 0 Å². The van der Waals surface area contributed by atoms with Crippen molar-refractivity contribution in [2.24, 2.45) is 0 Å². The van der Waals surface area contributed by atoms with E-state index in [2.05, 4.69) is 55.3 Å². The monoisotopic (exact) mass is 246 g/mol. The number of nitrogens with zero attached hydrogens (tertiary/aromatic N) is 1. The molecular formula is C14H18N2S. The largest absolute Gasteiger partial charge is 0.342 e. The molecule has 1 aromatic carbocycles. The quantitative estimate of drug-likeness (QED) is 0.605. The van der Waals surface area contributed by atoms with Gasteiger partial charge in [-0.05, 0) is 55.7 Å². The standard InChI is InChI=1S/C14H18N2S/c1-10-8-12(3)13(9-11(10)2)15-14(17)16-6-4-5-7-16/h4-5,8-9H,6-7H2,1-3H3,(H,15,17). The summed E-state index contributed by atoms with van der Waals surface area (Å²) in [6.45, 7) is 8.19. The molecule has 0 atom stereocenters. The number of thiocarbonyl (C=S) groups is 1. The second-order valence-corrected chi connectivity index (χ2v) is 4.94. The van der Waals surface area contributed by atoms with Gasteiger partial charge in [-0.25, -0.2) is 0 Å². The van der Waals surface area contributed by atoms with Crippen molar-refractivity contribution < 1.29 is 0 Å². The zero-order chi connectivity index (χ0) is 12.4. The minimum atomic E-state index is 0.807. The van der Waals surface area contributed by atoms with Gasteiger partial charge in [0, 0.05) is 18.8 Å². The van der Waals surface area contributed by atoms with Gasteiger partial charge in [-0.3, -0.25) is 0 Å². The summed E-state index contributed by atoms with van der Waals surface area (Å²) in [6.07, 6.45) is 4.28. The van der Waals surface area contributed by atoms with Gasteiger partial charge >= 0.3 is 0 Å². The Hall–Kier alpha value is -1.35. The van der Waals surface area contributed by atoms with Gasteiger partial charge in [0.1, 0.15) is 0 Å². The predicted octanol–water partition coefficient (Wildman–Crippen LogP) is 3.18. The molecule has 0 unspecified atom stereocenters. The van der Waals surface area contributed by atoms with E-state index in [0.717, 1.165) is 23.9 Å². The SMILES string of the molecule is Cc1cc(C)c(NC(=S)N2CC=CC2)cc1C. The maximum absolute atomic E-state index is 5.41. The van der Waals surface area contributed by atoms with Crippen LogP contribution in [0.5, 0.6) is 0 Å². The summed E-state index contributed by atoms with van der Waals surface area (Å²) in [5.41, 5.74) is 4.97. The molecule has 3 heteroatoms. The second kappa shape index (κ2) is 4.88. The minimum absolute atomic E-state index is 0.807. The lowest BCUT2D eigenvalue weighted by molar-refractivity contribution is 0.549. The summed E-state index contributed by atoms with van der Waals surface area (Å²) in [7, 11) is 0. The van der Waals surface area contributed by atoms with Gasteiger partial charge in [0.25, 0.3) is 0 Å². The molecule has 0 aromatic heterocycles. The molecule has 0 aliphatic carbocycles. The Bertz CT molecular complexity index is 469. The fourth-order valence-corrected chi connectivity index (χ4v) is 2.19. The minimum Gasteiger partial charge on any atom is -0.342 e. The van der Waals surface area contributed by atoms with E-state index in [0.29, 0.717) is 0 Å². The highest BCUT2D eigenvalue weighted by atomic mass is 32.1. The molecule has 0 radical (unpaired) electrons. The van der Waals surface area contributed by atoms with E-state index in [9.17, 15) is 0 Å². The van der Waals surface area contributed by atoms with Gasteiger partial charge in [0.2, 0.25) is 0 Å². The molecule has 17 heavy (non-hydrogen) atoms. The number of hydrogen-bond donors (Lipinski definition) is 1. The number of anilines is 1. The smallest absolute Gasteiger partial charge is 0.173 e. The van der Waals surface area contributed by atoms with Crippen LogP contribution in [0.15, 0.2) is 24.3 Å². The fourth-order valence-electron chi connectivity index (χ4n) is 1.93. The maximum atomic E-state index is 5.41. The van der Waals surface area contributed by atoms with Crippen LogP contribution in [0.2, 0.25) is 0 Å². The lowest BCUT2D eigenvalue weighted by Crippen LogP contribution is -2.32. The molecule has 0 amide bonds. The molecule has 0 saturated carbocycles. The van der Waals surface area contributed by atoms with E-state index in [-0.39, 0.29) is 0 Å². The van der Waals surface area contributed by atoms with Crippen LogP contribution in [-0.2, 0) is 0 Å². The van der Waals surface area contributed by atoms with Crippen LogP contribution in [-0.4, -0.2) is 23.1 Å². The molecule has 1 aromatic rings. The molecule has 0 spiro atoms. The van der Waals surface area contributed by atoms with Gasteiger partial charge in [-0.15, -0.1) is 0 Å². The van der Waals surface area contributed by atoms with Gasteiger partial charge in [0.15, 0.2) is 5.11 Å². The summed E-state index contributed by atoms with van der Waals surface area (Å²) in [4.78, 5) is 2.14. The zero-order valence-corrected chi connectivity index (χ0v) is 11.4. The van der Waals surface area contributed by atoms with Gasteiger partial charge in [-0.1, -0.05) is 18.2 Å². The van der Waals surface area contributed by atoms with E-state index in [1.165, 1.54) is 16.7 Å². The molecule has 1 N–H and O–H groups in total. The third-order valence-electron chi connectivity index (χ3n) is 3.19. The Labute approximate surface area is 108 Å². The van der Waals surface area contributed by atoms with Crippen molar-refractivity contribution in [3.05, 3.63) is 41.0 Å². The Kier molecular flexibility index (Phi) is 3.48. The van der Waals surface area contributed by atoms with Crippen LogP contribution < -0.4 is 5.32 Å². The van der Waals surface area contributed by atoms with Gasteiger partial charge < -0.3 is 10.2 Å². The zero-order valence-electron chi connectivity index (χ0n) is 10.6. The van der Waals surface area contributed by atoms with Crippen molar-refractivity contribution in [3.63, 3.8) is 0 Å². The Morgan fingerprint density at radius 3 is 2.29 bits per heavy atom. The summed E-state index contributed by atoms with van der Waals surface area (Å²) >= 11 is 5.41. The molecule has 0 fully saturated rings. The van der Waals surface area contributed by atoms with Crippen LogP contribution in [0.3, 0.4) is 0 Å². The normalized spacial score (nSPS) is 14.2. The molecular weight excluding hydrogens is 228 g/mol. The molecule has 2 nitrogen and oxygen atoms in total. The topological polar surface area (TPSA) is 15.3 Å². The van der Waals surface area contributed by atoms with Crippen LogP contribution >= 0.6 is 12.2 Å². The van der Waals surface area contributed by atoms with E-state index < -0.39 is 0 Å². The molecule has 1 aliphatic heterocycles. The summed E-state index contributed by atoms with van der Waals surface area (Å²) in [5, 5.41) is 4.14. The predicted molar refractivity (Wildman–Crippen MR) is 77.6 cm³/mol. The van der Waals surface area contributed by atoms with Crippen molar-refractivity contribution >= 4 is 23.0 Å². The third-order valence-corrected chi connectivity index (χ3v) is 3.55. The van der Waals surface area contributed by atoms with Gasteiger partial charge in [0.05, 0.1) is 0 Å². The van der Waals surface area contributed by atoms with Crippen LogP contribution in [0.1, 0.15) is 16.7 Å². The molecule has 2 rings (SSSR count). The number of aryl methyl sites for hydroxylation is 3. The van der Waals surface area contributed by atoms with Crippen LogP contribution in [0, 0.1) is 20.8 Å². The van der Waals surface area contributed by atoms with Crippen molar-refractivity contribution in [1.29, 1.82) is 0 Å². The lowest BCUT2D eigenvalue weighted by atomic mass is 10.1. The van der Waals surface area contributed by atoms with E-state index in [1.807, 2.05) is 0 Å². The third kappa shape index (κ3) is 2.67. The second-order valence-electron chi connectivity index (χ2n) is 4.56. The fraction of sp³-hybridized carbons (Fsp3) is 0.357. The van der Waals surface area contributed by atoms with E-state index in [4.69, 9.17) is 12.2 Å². The number of benzene rings is 1. The van der Waals surface area contributed by atoms with Gasteiger partial charge in [-0.2, -0.15) is 0 Å². The van der Waals surface area contributed by atoms with Crippen molar-refractivity contribution in [2.45, 2.75) is 20.8 Å². The summed E-state index contributed by atoms with van der Waals surface area (Å²) in [5.74, 6) is 0. The first-order valence-corrected chi connectivity index (χ1v) is 6.27. The highest BCUT2D eigenvalue weighted by molar-refractivity contribution is 7.80.